The van der Waals surface area contributed by atoms with Crippen molar-refractivity contribution < 1.29 is 19.1 Å². The average Bonchev–Trinajstić information content (AvgIpc) is 2.60. The first-order valence-corrected chi connectivity index (χ1v) is 8.56. The lowest BCUT2D eigenvalue weighted by molar-refractivity contribution is -0.118. The van der Waals surface area contributed by atoms with Crippen molar-refractivity contribution in [1.82, 2.24) is 4.90 Å². The van der Waals surface area contributed by atoms with Gasteiger partial charge in [0.15, 0.2) is 6.61 Å². The van der Waals surface area contributed by atoms with Gasteiger partial charge in [-0.3, -0.25) is 9.59 Å². The third-order valence-electron chi connectivity index (χ3n) is 3.31. The van der Waals surface area contributed by atoms with Gasteiger partial charge in [0.2, 0.25) is 0 Å². The summed E-state index contributed by atoms with van der Waals surface area (Å²) in [6, 6.07) is 12.3. The smallest absolute Gasteiger partial charge is 0.262 e. The Hall–Kier alpha value is -2.29. The van der Waals surface area contributed by atoms with Crippen molar-refractivity contribution in [2.24, 2.45) is 0 Å². The molecule has 25 heavy (non-hydrogen) atoms. The molecule has 132 valence electrons. The van der Waals surface area contributed by atoms with Gasteiger partial charge in [-0.1, -0.05) is 0 Å². The Kier molecular flexibility index (Phi) is 6.63. The number of methoxy groups -OCH3 is 1. The van der Waals surface area contributed by atoms with Crippen LogP contribution in [0.25, 0.3) is 0 Å². The molecule has 7 heteroatoms. The quantitative estimate of drug-likeness (QED) is 0.682. The van der Waals surface area contributed by atoms with Crippen molar-refractivity contribution in [2.75, 3.05) is 33.1 Å². The number of amides is 2. The van der Waals surface area contributed by atoms with E-state index in [0.29, 0.717) is 22.7 Å². The molecule has 2 aromatic rings. The van der Waals surface area contributed by atoms with Crippen molar-refractivity contribution in [3.63, 3.8) is 0 Å². The van der Waals surface area contributed by atoms with E-state index in [1.807, 2.05) is 12.1 Å². The van der Waals surface area contributed by atoms with Crippen molar-refractivity contribution in [3.05, 3.63) is 51.6 Å². The monoisotopic (exact) mass is 454 g/mol. The lowest BCUT2D eigenvalue weighted by Crippen LogP contribution is -2.23. The maximum atomic E-state index is 12.1. The van der Waals surface area contributed by atoms with E-state index in [2.05, 4.69) is 27.9 Å². The summed E-state index contributed by atoms with van der Waals surface area (Å²) < 4.78 is 11.8. The second-order valence-electron chi connectivity index (χ2n) is 5.41. The molecular formula is C18H19IN2O4. The molecule has 2 amide bonds. The van der Waals surface area contributed by atoms with E-state index in [1.54, 1.807) is 44.4 Å². The number of carbonyl (C=O) groups is 2. The van der Waals surface area contributed by atoms with E-state index in [4.69, 9.17) is 9.47 Å². The summed E-state index contributed by atoms with van der Waals surface area (Å²) in [5.41, 5.74) is 0.881. The first-order valence-electron chi connectivity index (χ1n) is 7.48. The van der Waals surface area contributed by atoms with Gasteiger partial charge in [0.1, 0.15) is 11.5 Å². The fourth-order valence-electron chi connectivity index (χ4n) is 2.06. The van der Waals surface area contributed by atoms with Crippen LogP contribution in [-0.4, -0.2) is 44.5 Å². The van der Waals surface area contributed by atoms with E-state index >= 15 is 0 Å². The highest BCUT2D eigenvalue weighted by Crippen LogP contribution is 2.26. The van der Waals surface area contributed by atoms with E-state index in [-0.39, 0.29) is 18.4 Å². The number of hydrogen-bond acceptors (Lipinski definition) is 4. The van der Waals surface area contributed by atoms with E-state index in [1.165, 1.54) is 12.0 Å². The average molecular weight is 454 g/mol. The van der Waals surface area contributed by atoms with E-state index in [0.717, 1.165) is 3.57 Å². The highest BCUT2D eigenvalue weighted by Gasteiger charge is 2.14. The second-order valence-corrected chi connectivity index (χ2v) is 6.65. The number of nitrogens with one attached hydrogen (secondary N) is 1. The van der Waals surface area contributed by atoms with Crippen LogP contribution < -0.4 is 14.8 Å². The molecule has 0 aliphatic carbocycles. The highest BCUT2D eigenvalue weighted by atomic mass is 127. The molecule has 0 saturated carbocycles. The Morgan fingerprint density at radius 2 is 1.80 bits per heavy atom. The molecule has 0 atom stereocenters. The number of benzene rings is 2. The van der Waals surface area contributed by atoms with Gasteiger partial charge < -0.3 is 19.7 Å². The maximum absolute atomic E-state index is 12.1. The number of rotatable bonds is 6. The predicted octanol–water partition coefficient (Wildman–Crippen LogP) is 3.02. The molecular weight excluding hydrogens is 435 g/mol. The fraction of sp³-hybridized carbons (Fsp3) is 0.222. The molecule has 0 bridgehead atoms. The lowest BCUT2D eigenvalue weighted by Gasteiger charge is -2.14. The minimum atomic E-state index is -0.341. The minimum Gasteiger partial charge on any atom is -0.495 e. The molecule has 0 saturated heterocycles. The molecule has 0 aromatic heterocycles. The number of halogens is 1. The summed E-state index contributed by atoms with van der Waals surface area (Å²) in [6.45, 7) is -0.143. The molecule has 0 fully saturated rings. The van der Waals surface area contributed by atoms with Crippen molar-refractivity contribution in [1.29, 1.82) is 0 Å². The van der Waals surface area contributed by atoms with Gasteiger partial charge in [0.05, 0.1) is 12.8 Å². The number of ether oxygens (including phenoxy) is 2. The summed E-state index contributed by atoms with van der Waals surface area (Å²) in [4.78, 5) is 25.7. The van der Waals surface area contributed by atoms with Crippen molar-refractivity contribution in [3.8, 4) is 11.5 Å². The Labute approximate surface area is 160 Å². The van der Waals surface area contributed by atoms with Gasteiger partial charge in [-0.2, -0.15) is 0 Å². The van der Waals surface area contributed by atoms with Gasteiger partial charge in [-0.05, 0) is 65.1 Å². The molecule has 6 nitrogen and oxygen atoms in total. The standard InChI is InChI=1S/C18H19IN2O4/c1-21(2)18(23)12-4-9-16(24-3)15(10-12)20-17(22)11-25-14-7-5-13(19)6-8-14/h4-10H,11H2,1-3H3,(H,20,22). The van der Waals surface area contributed by atoms with Crippen LogP contribution in [-0.2, 0) is 4.79 Å². The van der Waals surface area contributed by atoms with Crippen LogP contribution in [0.2, 0.25) is 0 Å². The normalized spacial score (nSPS) is 10.1. The number of anilines is 1. The van der Waals surface area contributed by atoms with Crippen molar-refractivity contribution >= 4 is 40.1 Å². The molecule has 1 N–H and O–H groups in total. The molecule has 0 aliphatic heterocycles. The Balaban J connectivity index is 2.06. The first-order chi connectivity index (χ1) is 11.9. The summed E-state index contributed by atoms with van der Waals surface area (Å²) in [5.74, 6) is 0.580. The van der Waals surface area contributed by atoms with Gasteiger partial charge in [0.25, 0.3) is 11.8 Å². The van der Waals surface area contributed by atoms with Crippen LogP contribution in [0.3, 0.4) is 0 Å². The van der Waals surface area contributed by atoms with E-state index in [9.17, 15) is 9.59 Å². The zero-order valence-corrected chi connectivity index (χ0v) is 16.4. The molecule has 0 radical (unpaired) electrons. The topological polar surface area (TPSA) is 67.9 Å². The number of hydrogen-bond donors (Lipinski definition) is 1. The number of carbonyl (C=O) groups excluding carboxylic acids is 2. The number of nitrogens with zero attached hydrogens (tertiary/aromatic N) is 1. The minimum absolute atomic E-state index is 0.143. The largest absolute Gasteiger partial charge is 0.495 e. The first kappa shape index (κ1) is 19.0. The zero-order chi connectivity index (χ0) is 18.4. The lowest BCUT2D eigenvalue weighted by atomic mass is 10.1. The van der Waals surface area contributed by atoms with Crippen LogP contribution in [0.5, 0.6) is 11.5 Å². The van der Waals surface area contributed by atoms with Gasteiger partial charge >= 0.3 is 0 Å². The summed E-state index contributed by atoms with van der Waals surface area (Å²) >= 11 is 2.19. The zero-order valence-electron chi connectivity index (χ0n) is 14.2. The van der Waals surface area contributed by atoms with Crippen molar-refractivity contribution in [2.45, 2.75) is 0 Å². The van der Waals surface area contributed by atoms with Crippen LogP contribution in [0.4, 0.5) is 5.69 Å². The Bertz CT molecular complexity index is 760. The Morgan fingerprint density at radius 1 is 1.12 bits per heavy atom. The van der Waals surface area contributed by atoms with Crippen LogP contribution in [0.15, 0.2) is 42.5 Å². The highest BCUT2D eigenvalue weighted by molar-refractivity contribution is 14.1. The SMILES string of the molecule is COc1ccc(C(=O)N(C)C)cc1NC(=O)COc1ccc(I)cc1. The summed E-state index contributed by atoms with van der Waals surface area (Å²) in [7, 11) is 4.83. The van der Waals surface area contributed by atoms with E-state index < -0.39 is 0 Å². The molecule has 2 rings (SSSR count). The van der Waals surface area contributed by atoms with Crippen LogP contribution >= 0.6 is 22.6 Å². The molecule has 0 spiro atoms. The third-order valence-corrected chi connectivity index (χ3v) is 4.03. The summed E-state index contributed by atoms with van der Waals surface area (Å²) in [5, 5.41) is 2.72. The summed E-state index contributed by atoms with van der Waals surface area (Å²) in [6.07, 6.45) is 0. The van der Waals surface area contributed by atoms with Crippen LogP contribution in [0.1, 0.15) is 10.4 Å². The van der Waals surface area contributed by atoms with Gasteiger partial charge in [-0.15, -0.1) is 0 Å². The van der Waals surface area contributed by atoms with Crippen LogP contribution in [0, 0.1) is 3.57 Å². The van der Waals surface area contributed by atoms with Gasteiger partial charge in [0, 0.05) is 23.2 Å². The fourth-order valence-corrected chi connectivity index (χ4v) is 2.42. The maximum Gasteiger partial charge on any atom is 0.262 e. The third kappa shape index (κ3) is 5.35. The molecule has 0 aliphatic rings. The molecule has 2 aromatic carbocycles. The predicted molar refractivity (Wildman–Crippen MR) is 104 cm³/mol. The Morgan fingerprint density at radius 3 is 2.40 bits per heavy atom. The second kappa shape index (κ2) is 8.70. The molecule has 0 heterocycles. The molecule has 0 unspecified atom stereocenters. The van der Waals surface area contributed by atoms with Gasteiger partial charge in [-0.25, -0.2) is 0 Å².